The van der Waals surface area contributed by atoms with Crippen molar-refractivity contribution in [2.75, 3.05) is 6.26 Å². The van der Waals surface area contributed by atoms with Crippen LogP contribution >= 0.6 is 11.8 Å². The summed E-state index contributed by atoms with van der Waals surface area (Å²) >= 11 is 2.02. The lowest BCUT2D eigenvalue weighted by molar-refractivity contribution is 0.339. The van der Waals surface area contributed by atoms with E-state index < -0.39 is 0 Å². The van der Waals surface area contributed by atoms with Crippen molar-refractivity contribution in [2.24, 2.45) is 5.92 Å². The molecule has 1 fully saturated rings. The zero-order valence-electron chi connectivity index (χ0n) is 7.81. The van der Waals surface area contributed by atoms with E-state index in [2.05, 4.69) is 13.2 Å². The number of hydrogen-bond acceptors (Lipinski definition) is 1. The number of hydrogen-bond donors (Lipinski definition) is 0. The lowest BCUT2D eigenvalue weighted by Gasteiger charge is -2.23. The van der Waals surface area contributed by atoms with E-state index >= 15 is 0 Å². The van der Waals surface area contributed by atoms with E-state index in [1.807, 2.05) is 11.8 Å². The van der Waals surface area contributed by atoms with Crippen molar-refractivity contribution in [1.82, 2.24) is 0 Å². The van der Waals surface area contributed by atoms with Crippen LogP contribution in [-0.2, 0) is 0 Å². The molecular weight excluding hydrogens is 152 g/mol. The van der Waals surface area contributed by atoms with E-state index in [4.69, 9.17) is 0 Å². The maximum Gasteiger partial charge on any atom is 0.00185 e. The first-order valence-electron chi connectivity index (χ1n) is 4.85. The molecule has 0 heterocycles. The molecule has 0 unspecified atom stereocenters. The van der Waals surface area contributed by atoms with Crippen molar-refractivity contribution >= 4 is 11.8 Å². The molecule has 1 aliphatic rings. The molecule has 66 valence electrons. The second kappa shape index (κ2) is 5.08. The Kier molecular flexibility index (Phi) is 4.36. The summed E-state index contributed by atoms with van der Waals surface area (Å²) < 4.78 is 0. The van der Waals surface area contributed by atoms with Gasteiger partial charge in [-0.05, 0) is 18.6 Å². The SMILES string of the molecule is CS[C@H](C)CC1CCCCC1. The summed E-state index contributed by atoms with van der Waals surface area (Å²) in [6, 6.07) is 0. The largest absolute Gasteiger partial charge is 0.162 e. The van der Waals surface area contributed by atoms with Gasteiger partial charge in [-0.15, -0.1) is 0 Å². The van der Waals surface area contributed by atoms with E-state index in [9.17, 15) is 0 Å². The minimum absolute atomic E-state index is 0.887. The van der Waals surface area contributed by atoms with Crippen LogP contribution in [0.4, 0.5) is 0 Å². The van der Waals surface area contributed by atoms with Crippen LogP contribution in [0.2, 0.25) is 0 Å². The minimum Gasteiger partial charge on any atom is -0.162 e. The van der Waals surface area contributed by atoms with Crippen molar-refractivity contribution < 1.29 is 0 Å². The first-order valence-corrected chi connectivity index (χ1v) is 6.14. The van der Waals surface area contributed by atoms with Crippen molar-refractivity contribution in [1.29, 1.82) is 0 Å². The highest BCUT2D eigenvalue weighted by Gasteiger charge is 2.15. The molecule has 0 N–H and O–H groups in total. The molecule has 0 spiro atoms. The third-order valence-electron chi connectivity index (χ3n) is 2.79. The smallest absolute Gasteiger partial charge is 0.00185 e. The Hall–Kier alpha value is 0.350. The van der Waals surface area contributed by atoms with Gasteiger partial charge in [-0.3, -0.25) is 0 Å². The Bertz CT molecular complexity index is 95.0. The van der Waals surface area contributed by atoms with Crippen molar-refractivity contribution in [3.05, 3.63) is 0 Å². The van der Waals surface area contributed by atoms with Crippen LogP contribution in [0.15, 0.2) is 0 Å². The van der Waals surface area contributed by atoms with Gasteiger partial charge in [0.05, 0.1) is 0 Å². The normalized spacial score (nSPS) is 23.5. The lowest BCUT2D eigenvalue weighted by atomic mass is 9.86. The molecule has 0 aromatic carbocycles. The van der Waals surface area contributed by atoms with Gasteiger partial charge in [-0.25, -0.2) is 0 Å². The van der Waals surface area contributed by atoms with E-state index in [0.717, 1.165) is 11.2 Å². The van der Waals surface area contributed by atoms with Crippen LogP contribution in [-0.4, -0.2) is 11.5 Å². The Morgan fingerprint density at radius 1 is 1.27 bits per heavy atom. The maximum atomic E-state index is 2.36. The summed E-state index contributed by atoms with van der Waals surface area (Å²) in [5, 5.41) is 0.887. The van der Waals surface area contributed by atoms with E-state index in [1.165, 1.54) is 38.5 Å². The quantitative estimate of drug-likeness (QED) is 0.625. The van der Waals surface area contributed by atoms with Gasteiger partial charge in [0.2, 0.25) is 0 Å². The summed E-state index contributed by atoms with van der Waals surface area (Å²) in [6.45, 7) is 2.36. The average Bonchev–Trinajstić information content (AvgIpc) is 2.06. The van der Waals surface area contributed by atoms with E-state index in [0.29, 0.717) is 0 Å². The van der Waals surface area contributed by atoms with Gasteiger partial charge in [0.1, 0.15) is 0 Å². The second-order valence-electron chi connectivity index (χ2n) is 3.79. The number of rotatable bonds is 3. The predicted molar refractivity (Wildman–Crippen MR) is 54.2 cm³/mol. The molecule has 1 atom stereocenters. The molecule has 0 bridgehead atoms. The van der Waals surface area contributed by atoms with Crippen molar-refractivity contribution in [3.8, 4) is 0 Å². The predicted octanol–water partition coefficient (Wildman–Crippen LogP) is 3.71. The van der Waals surface area contributed by atoms with Crippen LogP contribution in [0.5, 0.6) is 0 Å². The zero-order valence-corrected chi connectivity index (χ0v) is 8.62. The lowest BCUT2D eigenvalue weighted by Crippen LogP contribution is -2.11. The van der Waals surface area contributed by atoms with E-state index in [1.54, 1.807) is 0 Å². The Morgan fingerprint density at radius 2 is 1.91 bits per heavy atom. The van der Waals surface area contributed by atoms with Gasteiger partial charge in [-0.1, -0.05) is 39.0 Å². The van der Waals surface area contributed by atoms with Gasteiger partial charge < -0.3 is 0 Å². The molecule has 1 saturated carbocycles. The Balaban J connectivity index is 2.13. The van der Waals surface area contributed by atoms with Crippen LogP contribution in [0.1, 0.15) is 45.4 Å². The highest BCUT2D eigenvalue weighted by atomic mass is 32.2. The van der Waals surface area contributed by atoms with E-state index in [-0.39, 0.29) is 0 Å². The van der Waals surface area contributed by atoms with Gasteiger partial charge in [-0.2, -0.15) is 11.8 Å². The fourth-order valence-electron chi connectivity index (χ4n) is 1.99. The average molecular weight is 172 g/mol. The Labute approximate surface area is 75.1 Å². The molecule has 1 rings (SSSR count). The summed E-state index contributed by atoms with van der Waals surface area (Å²) in [6.07, 6.45) is 11.2. The highest BCUT2D eigenvalue weighted by Crippen LogP contribution is 2.29. The molecule has 0 amide bonds. The number of thioether (sulfide) groups is 1. The first-order chi connectivity index (χ1) is 5.33. The summed E-state index contributed by atoms with van der Waals surface area (Å²) in [4.78, 5) is 0. The molecule has 0 aromatic heterocycles. The molecule has 1 heteroatoms. The third kappa shape index (κ3) is 3.50. The van der Waals surface area contributed by atoms with Crippen LogP contribution in [0.25, 0.3) is 0 Å². The van der Waals surface area contributed by atoms with Crippen LogP contribution < -0.4 is 0 Å². The first kappa shape index (κ1) is 9.44. The molecule has 11 heavy (non-hydrogen) atoms. The van der Waals surface area contributed by atoms with Crippen LogP contribution in [0.3, 0.4) is 0 Å². The molecule has 0 aromatic rings. The summed E-state index contributed by atoms with van der Waals surface area (Å²) in [5.74, 6) is 1.06. The van der Waals surface area contributed by atoms with Crippen molar-refractivity contribution in [2.45, 2.75) is 50.7 Å². The molecule has 0 radical (unpaired) electrons. The van der Waals surface area contributed by atoms with Gasteiger partial charge >= 0.3 is 0 Å². The minimum atomic E-state index is 0.887. The fraction of sp³-hybridized carbons (Fsp3) is 1.00. The van der Waals surface area contributed by atoms with Gasteiger partial charge in [0.15, 0.2) is 0 Å². The maximum absolute atomic E-state index is 2.36. The zero-order chi connectivity index (χ0) is 8.10. The molecule has 0 nitrogen and oxygen atoms in total. The van der Waals surface area contributed by atoms with Gasteiger partial charge in [0, 0.05) is 5.25 Å². The molecule has 0 saturated heterocycles. The highest BCUT2D eigenvalue weighted by molar-refractivity contribution is 7.99. The molecule has 1 aliphatic carbocycles. The molecular formula is C10H20S. The fourth-order valence-corrected chi connectivity index (χ4v) is 2.45. The third-order valence-corrected chi connectivity index (χ3v) is 3.79. The monoisotopic (exact) mass is 172 g/mol. The summed E-state index contributed by atoms with van der Waals surface area (Å²) in [7, 11) is 0. The summed E-state index contributed by atoms with van der Waals surface area (Å²) in [5.41, 5.74) is 0. The standard InChI is InChI=1S/C10H20S/c1-9(11-2)8-10-6-4-3-5-7-10/h9-10H,3-8H2,1-2H3/t9-/m1/s1. The topological polar surface area (TPSA) is 0 Å². The Morgan fingerprint density at radius 3 is 2.45 bits per heavy atom. The van der Waals surface area contributed by atoms with Crippen molar-refractivity contribution in [3.63, 3.8) is 0 Å². The molecule has 0 aliphatic heterocycles. The second-order valence-corrected chi connectivity index (χ2v) is 5.06. The van der Waals surface area contributed by atoms with Gasteiger partial charge in [0.25, 0.3) is 0 Å². The van der Waals surface area contributed by atoms with Crippen LogP contribution in [0, 0.1) is 5.92 Å².